The Bertz CT molecular complexity index is 782. The molecule has 0 saturated heterocycles. The molecule has 5 nitrogen and oxygen atoms in total. The van der Waals surface area contributed by atoms with Gasteiger partial charge in [0.05, 0.1) is 17.0 Å². The third kappa shape index (κ3) is 3.11. The third-order valence-electron chi connectivity index (χ3n) is 4.61. The van der Waals surface area contributed by atoms with Crippen LogP contribution >= 0.6 is 0 Å². The van der Waals surface area contributed by atoms with Crippen molar-refractivity contribution < 1.29 is 13.5 Å². The molecule has 1 aromatic carbocycles. The van der Waals surface area contributed by atoms with E-state index in [1.807, 2.05) is 0 Å². The number of hydrogen-bond acceptors (Lipinski definition) is 4. The maximum Gasteiger partial charge on any atom is 0.244 e. The molecular weight excluding hydrogens is 312 g/mol. The first-order valence-electron chi connectivity index (χ1n) is 8.00. The summed E-state index contributed by atoms with van der Waals surface area (Å²) in [5, 5.41) is 10.1. The maximum absolute atomic E-state index is 13.2. The molecule has 3 rings (SSSR count). The zero-order chi connectivity index (χ0) is 16.4. The van der Waals surface area contributed by atoms with Crippen LogP contribution in [-0.4, -0.2) is 42.0 Å². The molecule has 124 valence electrons. The highest BCUT2D eigenvalue weighted by atomic mass is 32.2. The number of nitrogens with zero attached hydrogens (tertiary/aromatic N) is 2. The zero-order valence-electron chi connectivity index (χ0n) is 13.2. The van der Waals surface area contributed by atoms with Crippen LogP contribution in [0.1, 0.15) is 26.2 Å². The molecule has 1 fully saturated rings. The number of rotatable bonds is 6. The lowest BCUT2D eigenvalue weighted by atomic mass is 9.85. The van der Waals surface area contributed by atoms with Crippen LogP contribution in [0, 0.1) is 5.92 Å². The Morgan fingerprint density at radius 1 is 1.30 bits per heavy atom. The van der Waals surface area contributed by atoms with E-state index < -0.39 is 16.1 Å². The minimum absolute atomic E-state index is 0.186. The molecule has 6 heteroatoms. The minimum Gasteiger partial charge on any atom is -0.395 e. The molecule has 1 atom stereocenters. The molecule has 1 aliphatic rings. The smallest absolute Gasteiger partial charge is 0.244 e. The van der Waals surface area contributed by atoms with Crippen LogP contribution in [0.15, 0.2) is 41.4 Å². The summed E-state index contributed by atoms with van der Waals surface area (Å²) >= 11 is 0. The molecule has 1 saturated carbocycles. The molecule has 0 unspecified atom stereocenters. The second-order valence-electron chi connectivity index (χ2n) is 6.23. The highest BCUT2D eigenvalue weighted by Crippen LogP contribution is 2.31. The Morgan fingerprint density at radius 2 is 2.09 bits per heavy atom. The first kappa shape index (κ1) is 16.4. The standard InChI is InChI=1S/C17H22N2O3S/c1-13(12-20)19(11-14-5-2-6-14)23(21,22)17-9-3-8-16-15(17)7-4-10-18-16/h3-4,7-10,13-14,20H,2,5-6,11-12H2,1H3/t13-/m1/s1. The summed E-state index contributed by atoms with van der Waals surface area (Å²) in [7, 11) is -3.68. The fraction of sp³-hybridized carbons (Fsp3) is 0.471. The van der Waals surface area contributed by atoms with Gasteiger partial charge in [0.2, 0.25) is 10.0 Å². The maximum atomic E-state index is 13.2. The van der Waals surface area contributed by atoms with E-state index in [1.165, 1.54) is 4.31 Å². The van der Waals surface area contributed by atoms with E-state index in [-0.39, 0.29) is 11.5 Å². The van der Waals surface area contributed by atoms with Crippen molar-refractivity contribution in [2.75, 3.05) is 13.2 Å². The van der Waals surface area contributed by atoms with Crippen LogP contribution in [0.5, 0.6) is 0 Å². The Hall–Kier alpha value is -1.50. The van der Waals surface area contributed by atoms with Crippen molar-refractivity contribution in [2.24, 2.45) is 5.92 Å². The molecule has 2 aromatic rings. The van der Waals surface area contributed by atoms with E-state index in [0.717, 1.165) is 19.3 Å². The fourth-order valence-electron chi connectivity index (χ4n) is 2.96. The van der Waals surface area contributed by atoms with Crippen LogP contribution in [0.4, 0.5) is 0 Å². The summed E-state index contributed by atoms with van der Waals surface area (Å²) < 4.78 is 27.9. The van der Waals surface area contributed by atoms with Crippen molar-refractivity contribution in [1.82, 2.24) is 9.29 Å². The van der Waals surface area contributed by atoms with E-state index in [9.17, 15) is 13.5 Å². The van der Waals surface area contributed by atoms with Gasteiger partial charge in [-0.05, 0) is 49.9 Å². The molecule has 0 aliphatic heterocycles. The quantitative estimate of drug-likeness (QED) is 0.881. The molecule has 0 amide bonds. The second-order valence-corrected chi connectivity index (χ2v) is 8.09. The SMILES string of the molecule is C[C@H](CO)N(CC1CCC1)S(=O)(=O)c1cccc2ncccc12. The number of aliphatic hydroxyl groups is 1. The number of benzene rings is 1. The van der Waals surface area contributed by atoms with E-state index in [2.05, 4.69) is 4.98 Å². The van der Waals surface area contributed by atoms with Gasteiger partial charge in [0.25, 0.3) is 0 Å². The average Bonchev–Trinajstić information content (AvgIpc) is 2.52. The Balaban J connectivity index is 2.05. The number of pyridine rings is 1. The van der Waals surface area contributed by atoms with E-state index in [4.69, 9.17) is 0 Å². The van der Waals surface area contributed by atoms with Crippen LogP contribution in [-0.2, 0) is 10.0 Å². The Morgan fingerprint density at radius 3 is 2.74 bits per heavy atom. The van der Waals surface area contributed by atoms with Crippen molar-refractivity contribution in [2.45, 2.75) is 37.1 Å². The zero-order valence-corrected chi connectivity index (χ0v) is 14.0. The fourth-order valence-corrected chi connectivity index (χ4v) is 4.86. The van der Waals surface area contributed by atoms with Crippen LogP contribution in [0.3, 0.4) is 0 Å². The number of aromatic nitrogens is 1. The van der Waals surface area contributed by atoms with Crippen LogP contribution in [0.25, 0.3) is 10.9 Å². The molecule has 23 heavy (non-hydrogen) atoms. The normalized spacial score (nSPS) is 17.3. The first-order valence-corrected chi connectivity index (χ1v) is 9.44. The number of sulfonamides is 1. The predicted octanol–water partition coefficient (Wildman–Crippen LogP) is 2.41. The van der Waals surface area contributed by atoms with Crippen molar-refractivity contribution in [3.63, 3.8) is 0 Å². The van der Waals surface area contributed by atoms with Gasteiger partial charge in [0.1, 0.15) is 0 Å². The van der Waals surface area contributed by atoms with Gasteiger partial charge in [-0.25, -0.2) is 8.42 Å². The van der Waals surface area contributed by atoms with Gasteiger partial charge in [-0.2, -0.15) is 4.31 Å². The predicted molar refractivity (Wildman–Crippen MR) is 89.5 cm³/mol. The third-order valence-corrected chi connectivity index (χ3v) is 6.65. The lowest BCUT2D eigenvalue weighted by Gasteiger charge is -2.34. The second kappa shape index (κ2) is 6.55. The van der Waals surface area contributed by atoms with E-state index >= 15 is 0 Å². The topological polar surface area (TPSA) is 70.5 Å². The number of hydrogen-bond donors (Lipinski definition) is 1. The number of fused-ring (bicyclic) bond motifs is 1. The van der Waals surface area contributed by atoms with Gasteiger partial charge < -0.3 is 5.11 Å². The van der Waals surface area contributed by atoms with E-state index in [1.54, 1.807) is 43.5 Å². The molecular formula is C17H22N2O3S. The van der Waals surface area contributed by atoms with Gasteiger partial charge in [-0.15, -0.1) is 0 Å². The highest BCUT2D eigenvalue weighted by molar-refractivity contribution is 7.89. The minimum atomic E-state index is -3.68. The Labute approximate surface area is 137 Å². The molecule has 0 radical (unpaired) electrons. The average molecular weight is 334 g/mol. The summed E-state index contributed by atoms with van der Waals surface area (Å²) in [5.41, 5.74) is 0.661. The number of aliphatic hydroxyl groups excluding tert-OH is 1. The summed E-state index contributed by atoms with van der Waals surface area (Å²) in [4.78, 5) is 4.50. The molecule has 1 aliphatic carbocycles. The van der Waals surface area contributed by atoms with Gasteiger partial charge in [-0.1, -0.05) is 12.5 Å². The monoisotopic (exact) mass is 334 g/mol. The van der Waals surface area contributed by atoms with Crippen LogP contribution in [0.2, 0.25) is 0 Å². The van der Waals surface area contributed by atoms with Gasteiger partial charge in [0, 0.05) is 24.2 Å². The summed E-state index contributed by atoms with van der Waals surface area (Å²) in [5.74, 6) is 0.395. The van der Waals surface area contributed by atoms with Crippen LogP contribution < -0.4 is 0 Å². The van der Waals surface area contributed by atoms with Gasteiger partial charge in [-0.3, -0.25) is 4.98 Å². The summed E-state index contributed by atoms with van der Waals surface area (Å²) in [6.45, 7) is 2.04. The van der Waals surface area contributed by atoms with Crippen molar-refractivity contribution in [3.05, 3.63) is 36.5 Å². The van der Waals surface area contributed by atoms with Crippen molar-refractivity contribution in [3.8, 4) is 0 Å². The summed E-state index contributed by atoms with van der Waals surface area (Å²) in [6, 6.07) is 8.23. The first-order chi connectivity index (χ1) is 11.0. The molecule has 1 N–H and O–H groups in total. The molecule has 0 spiro atoms. The largest absolute Gasteiger partial charge is 0.395 e. The van der Waals surface area contributed by atoms with Gasteiger partial charge in [0.15, 0.2) is 0 Å². The van der Waals surface area contributed by atoms with Crippen molar-refractivity contribution in [1.29, 1.82) is 0 Å². The Kier molecular flexibility index (Phi) is 4.66. The summed E-state index contributed by atoms with van der Waals surface area (Å²) in [6.07, 6.45) is 4.92. The van der Waals surface area contributed by atoms with E-state index in [0.29, 0.717) is 23.4 Å². The lowest BCUT2D eigenvalue weighted by molar-refractivity contribution is 0.162. The lowest BCUT2D eigenvalue weighted by Crippen LogP contribution is -2.44. The van der Waals surface area contributed by atoms with Crippen molar-refractivity contribution >= 4 is 20.9 Å². The van der Waals surface area contributed by atoms with Gasteiger partial charge >= 0.3 is 0 Å². The molecule has 0 bridgehead atoms. The highest BCUT2D eigenvalue weighted by Gasteiger charge is 2.33. The molecule has 1 aromatic heterocycles. The molecule has 1 heterocycles.